The van der Waals surface area contributed by atoms with Crippen LogP contribution in [-0.2, 0) is 11.0 Å². The molecule has 0 bridgehead atoms. The van der Waals surface area contributed by atoms with E-state index in [-0.39, 0.29) is 28.3 Å². The van der Waals surface area contributed by atoms with E-state index in [1.807, 2.05) is 13.8 Å². The fourth-order valence-corrected chi connectivity index (χ4v) is 2.83. The summed E-state index contributed by atoms with van der Waals surface area (Å²) >= 11 is 1.41. The lowest BCUT2D eigenvalue weighted by atomic mass is 10.4. The summed E-state index contributed by atoms with van der Waals surface area (Å²) in [6.45, 7) is 3.88. The highest BCUT2D eigenvalue weighted by molar-refractivity contribution is 7.99. The number of rotatable bonds is 5. The molecule has 0 aliphatic heterocycles. The molecule has 22 heavy (non-hydrogen) atoms. The molecule has 120 valence electrons. The van der Waals surface area contributed by atoms with Crippen LogP contribution in [-0.4, -0.2) is 36.6 Å². The van der Waals surface area contributed by atoms with Gasteiger partial charge < -0.3 is 4.57 Å². The molecule has 2 rings (SSSR count). The summed E-state index contributed by atoms with van der Waals surface area (Å²) < 4.78 is 38.9. The number of anilines is 1. The molecule has 1 amide bonds. The minimum Gasteiger partial charge on any atom is -0.306 e. The monoisotopic (exact) mass is 352 g/mol. The van der Waals surface area contributed by atoms with E-state index in [4.69, 9.17) is 0 Å². The molecule has 0 radical (unpaired) electrons. The molecule has 7 nitrogen and oxygen atoms in total. The van der Waals surface area contributed by atoms with E-state index in [0.29, 0.717) is 5.16 Å². The van der Waals surface area contributed by atoms with Crippen LogP contribution in [0.25, 0.3) is 0 Å². The number of carbonyl (C=O) groups excluding carboxylic acids is 1. The second-order valence-electron chi connectivity index (χ2n) is 4.36. The molecule has 2 heterocycles. The van der Waals surface area contributed by atoms with Crippen molar-refractivity contribution in [2.45, 2.75) is 31.2 Å². The van der Waals surface area contributed by atoms with Gasteiger partial charge in [0.1, 0.15) is 6.33 Å². The van der Waals surface area contributed by atoms with Crippen LogP contribution in [0.5, 0.6) is 0 Å². The molecule has 0 aliphatic rings. The van der Waals surface area contributed by atoms with Gasteiger partial charge in [0.15, 0.2) is 5.16 Å². The second-order valence-corrected chi connectivity index (χ2v) is 6.28. The molecule has 0 spiro atoms. The Morgan fingerprint density at radius 1 is 1.41 bits per heavy atom. The Labute approximate surface area is 131 Å². The Balaban J connectivity index is 1.91. The van der Waals surface area contributed by atoms with Gasteiger partial charge in [0.25, 0.3) is 0 Å². The third-order valence-corrected chi connectivity index (χ3v) is 4.18. The van der Waals surface area contributed by atoms with Crippen molar-refractivity contribution in [2.24, 2.45) is 0 Å². The summed E-state index contributed by atoms with van der Waals surface area (Å²) in [5.74, 6) is -0.514. The maximum Gasteiger partial charge on any atom is 0.445 e. The average Bonchev–Trinajstić information content (AvgIpc) is 3.03. The largest absolute Gasteiger partial charge is 0.445 e. The highest BCUT2D eigenvalue weighted by Gasteiger charge is 2.35. The molecule has 0 aromatic carbocycles. The van der Waals surface area contributed by atoms with Gasteiger partial charge >= 0.3 is 6.18 Å². The standard InChI is InChI=1S/C10H11F3N6OS2/c1-5(2)19-4-14-18-9(19)21-3-6(20)15-8-17-16-7(22-8)10(11,12)13/h4-5H,3H2,1-2H3,(H,15,17,20). The lowest BCUT2D eigenvalue weighted by molar-refractivity contribution is -0.138. The van der Waals surface area contributed by atoms with Crippen molar-refractivity contribution in [3.8, 4) is 0 Å². The Morgan fingerprint density at radius 2 is 2.14 bits per heavy atom. The number of nitrogens with zero attached hydrogens (tertiary/aromatic N) is 5. The van der Waals surface area contributed by atoms with Crippen LogP contribution in [0.1, 0.15) is 24.9 Å². The number of halogens is 3. The first-order chi connectivity index (χ1) is 10.3. The summed E-state index contributed by atoms with van der Waals surface area (Å²) in [6, 6.07) is 0.137. The van der Waals surface area contributed by atoms with Crippen LogP contribution in [0.15, 0.2) is 11.5 Å². The summed E-state index contributed by atoms with van der Waals surface area (Å²) in [7, 11) is 0. The SMILES string of the molecule is CC(C)n1cnnc1SCC(=O)Nc1nnc(C(F)(F)F)s1. The van der Waals surface area contributed by atoms with Crippen LogP contribution in [0.4, 0.5) is 18.3 Å². The predicted octanol–water partition coefficient (Wildman–Crippen LogP) is 2.46. The third kappa shape index (κ3) is 4.16. The van der Waals surface area contributed by atoms with E-state index in [1.54, 1.807) is 10.9 Å². The molecule has 0 aliphatic carbocycles. The zero-order valence-electron chi connectivity index (χ0n) is 11.5. The summed E-state index contributed by atoms with van der Waals surface area (Å²) in [5, 5.41) is 15.4. The Kier molecular flexibility index (Phi) is 5.01. The lowest BCUT2D eigenvalue weighted by Gasteiger charge is -2.08. The van der Waals surface area contributed by atoms with Gasteiger partial charge in [-0.25, -0.2) is 0 Å². The molecule has 1 N–H and O–H groups in total. The minimum absolute atomic E-state index is 0.0215. The molecule has 0 saturated heterocycles. The van der Waals surface area contributed by atoms with Crippen molar-refractivity contribution in [2.75, 3.05) is 11.1 Å². The molecule has 0 saturated carbocycles. The predicted molar refractivity (Wildman–Crippen MR) is 74.7 cm³/mol. The van der Waals surface area contributed by atoms with Crippen LogP contribution < -0.4 is 5.32 Å². The number of aromatic nitrogens is 5. The molecule has 2 aromatic rings. The van der Waals surface area contributed by atoms with Crippen molar-refractivity contribution >= 4 is 34.1 Å². The summed E-state index contributed by atoms with van der Waals surface area (Å²) in [4.78, 5) is 11.7. The van der Waals surface area contributed by atoms with Crippen LogP contribution in [0.2, 0.25) is 0 Å². The zero-order valence-corrected chi connectivity index (χ0v) is 13.1. The second kappa shape index (κ2) is 6.60. The van der Waals surface area contributed by atoms with Crippen molar-refractivity contribution < 1.29 is 18.0 Å². The molecular formula is C10H11F3N6OS2. The van der Waals surface area contributed by atoms with Gasteiger partial charge in [-0.1, -0.05) is 23.1 Å². The number of carbonyl (C=O) groups is 1. The van der Waals surface area contributed by atoms with Gasteiger partial charge in [-0.3, -0.25) is 10.1 Å². The van der Waals surface area contributed by atoms with E-state index >= 15 is 0 Å². The van der Waals surface area contributed by atoms with Gasteiger partial charge in [0.05, 0.1) is 5.75 Å². The molecule has 0 fully saturated rings. The number of hydrogen-bond acceptors (Lipinski definition) is 7. The number of nitrogens with one attached hydrogen (secondary N) is 1. The smallest absolute Gasteiger partial charge is 0.306 e. The van der Waals surface area contributed by atoms with E-state index in [0.717, 1.165) is 11.8 Å². The fraction of sp³-hybridized carbons (Fsp3) is 0.500. The van der Waals surface area contributed by atoms with Gasteiger partial charge in [0.2, 0.25) is 16.0 Å². The van der Waals surface area contributed by atoms with Gasteiger partial charge in [-0.2, -0.15) is 13.2 Å². The lowest BCUT2D eigenvalue weighted by Crippen LogP contribution is -2.14. The van der Waals surface area contributed by atoms with Crippen LogP contribution >= 0.6 is 23.1 Å². The maximum atomic E-state index is 12.4. The van der Waals surface area contributed by atoms with E-state index < -0.39 is 17.1 Å². The molecule has 0 unspecified atom stereocenters. The Morgan fingerprint density at radius 3 is 2.73 bits per heavy atom. The molecule has 12 heteroatoms. The number of hydrogen-bond donors (Lipinski definition) is 1. The van der Waals surface area contributed by atoms with Crippen molar-refractivity contribution in [3.05, 3.63) is 11.3 Å². The quantitative estimate of drug-likeness (QED) is 0.832. The Hall–Kier alpha value is -1.69. The van der Waals surface area contributed by atoms with E-state index in [9.17, 15) is 18.0 Å². The third-order valence-electron chi connectivity index (χ3n) is 2.34. The average molecular weight is 352 g/mol. The highest BCUT2D eigenvalue weighted by atomic mass is 32.2. The van der Waals surface area contributed by atoms with Gasteiger partial charge in [0, 0.05) is 6.04 Å². The molecular weight excluding hydrogens is 341 g/mol. The van der Waals surface area contributed by atoms with E-state index in [1.165, 1.54) is 0 Å². The molecule has 2 aromatic heterocycles. The van der Waals surface area contributed by atoms with Crippen molar-refractivity contribution in [3.63, 3.8) is 0 Å². The summed E-state index contributed by atoms with van der Waals surface area (Å²) in [6.07, 6.45) is -3.02. The summed E-state index contributed by atoms with van der Waals surface area (Å²) in [5.41, 5.74) is 0. The fourth-order valence-electron chi connectivity index (χ4n) is 1.36. The zero-order chi connectivity index (χ0) is 16.3. The molecule has 0 atom stereocenters. The van der Waals surface area contributed by atoms with Crippen LogP contribution in [0.3, 0.4) is 0 Å². The maximum absolute atomic E-state index is 12.4. The first kappa shape index (κ1) is 16.7. The number of amides is 1. The highest BCUT2D eigenvalue weighted by Crippen LogP contribution is 2.33. The first-order valence-corrected chi connectivity index (χ1v) is 7.80. The van der Waals surface area contributed by atoms with E-state index in [2.05, 4.69) is 25.7 Å². The van der Waals surface area contributed by atoms with Crippen LogP contribution in [0, 0.1) is 0 Å². The normalized spacial score (nSPS) is 11.9. The van der Waals surface area contributed by atoms with Crippen molar-refractivity contribution in [1.29, 1.82) is 0 Å². The number of thioether (sulfide) groups is 1. The topological polar surface area (TPSA) is 85.6 Å². The van der Waals surface area contributed by atoms with Crippen molar-refractivity contribution in [1.82, 2.24) is 25.0 Å². The first-order valence-electron chi connectivity index (χ1n) is 6.00. The number of alkyl halides is 3. The Bertz CT molecular complexity index is 653. The minimum atomic E-state index is -4.57. The van der Waals surface area contributed by atoms with Gasteiger partial charge in [-0.15, -0.1) is 20.4 Å². The van der Waals surface area contributed by atoms with Gasteiger partial charge in [-0.05, 0) is 13.8 Å².